The van der Waals surface area contributed by atoms with Crippen molar-refractivity contribution in [2.45, 2.75) is 0 Å². The second-order valence-electron chi connectivity index (χ2n) is 14.3. The van der Waals surface area contributed by atoms with E-state index in [1.165, 1.54) is 5.39 Å². The van der Waals surface area contributed by atoms with Gasteiger partial charge in [0.2, 0.25) is 0 Å². The average molecular weight is 728 g/mol. The zero-order valence-corrected chi connectivity index (χ0v) is 30.8. The van der Waals surface area contributed by atoms with Gasteiger partial charge in [-0.2, -0.15) is 0 Å². The van der Waals surface area contributed by atoms with Gasteiger partial charge in [0.15, 0.2) is 5.82 Å². The maximum atomic E-state index is 6.61. The summed E-state index contributed by atoms with van der Waals surface area (Å²) in [6.07, 6.45) is 0. The lowest BCUT2D eigenvalue weighted by Crippen LogP contribution is -1.96. The molecule has 11 aromatic rings. The van der Waals surface area contributed by atoms with Crippen LogP contribution in [0.2, 0.25) is 0 Å². The van der Waals surface area contributed by atoms with Gasteiger partial charge in [0.05, 0.1) is 22.6 Å². The highest BCUT2D eigenvalue weighted by Gasteiger charge is 2.22. The number of benzene rings is 8. The van der Waals surface area contributed by atoms with E-state index in [0.29, 0.717) is 5.82 Å². The van der Waals surface area contributed by atoms with Crippen LogP contribution in [0.5, 0.6) is 0 Å². The quantitative estimate of drug-likeness (QED) is 0.160. The molecule has 57 heavy (non-hydrogen) atoms. The first-order chi connectivity index (χ1) is 28.2. The fraction of sp³-hybridized carbons (Fsp3) is 0. The predicted molar refractivity (Wildman–Crippen MR) is 235 cm³/mol. The van der Waals surface area contributed by atoms with Crippen molar-refractivity contribution in [3.63, 3.8) is 0 Å². The zero-order valence-electron chi connectivity index (χ0n) is 30.8. The van der Waals surface area contributed by atoms with Gasteiger partial charge in [0.25, 0.3) is 0 Å². The van der Waals surface area contributed by atoms with E-state index < -0.39 is 0 Å². The Kier molecular flexibility index (Phi) is 7.78. The molecule has 3 aromatic heterocycles. The minimum absolute atomic E-state index is 0.702. The molecule has 4 nitrogen and oxygen atoms in total. The van der Waals surface area contributed by atoms with E-state index >= 15 is 0 Å². The lowest BCUT2D eigenvalue weighted by atomic mass is 9.89. The van der Waals surface area contributed by atoms with Crippen molar-refractivity contribution >= 4 is 43.6 Å². The molecule has 0 radical (unpaired) electrons. The summed E-state index contributed by atoms with van der Waals surface area (Å²) in [5.41, 5.74) is 14.0. The number of nitrogens with zero attached hydrogens (tertiary/aromatic N) is 3. The lowest BCUT2D eigenvalue weighted by molar-refractivity contribution is 0.669. The zero-order chi connectivity index (χ0) is 37.7. The molecule has 3 heterocycles. The van der Waals surface area contributed by atoms with Gasteiger partial charge in [-0.25, -0.2) is 15.0 Å². The Hall–Kier alpha value is -7.69. The van der Waals surface area contributed by atoms with Gasteiger partial charge in [-0.05, 0) is 47.0 Å². The smallest absolute Gasteiger partial charge is 0.160 e. The molecule has 0 N–H and O–H groups in total. The molecule has 0 fully saturated rings. The Morgan fingerprint density at radius 2 is 0.895 bits per heavy atom. The third-order valence-corrected chi connectivity index (χ3v) is 10.9. The summed E-state index contributed by atoms with van der Waals surface area (Å²) in [4.78, 5) is 15.3. The molecule has 0 spiro atoms. The number of aromatic nitrogens is 3. The van der Waals surface area contributed by atoms with Gasteiger partial charge >= 0.3 is 0 Å². The average Bonchev–Trinajstić information content (AvgIpc) is 3.67. The number of rotatable bonds is 6. The second kappa shape index (κ2) is 13.6. The fourth-order valence-electron chi connectivity index (χ4n) is 8.18. The van der Waals surface area contributed by atoms with Crippen molar-refractivity contribution in [1.82, 2.24) is 15.0 Å². The Labute approximate surface area is 329 Å². The Morgan fingerprint density at radius 1 is 0.316 bits per heavy atom. The molecule has 0 aliphatic rings. The van der Waals surface area contributed by atoms with Gasteiger partial charge < -0.3 is 4.42 Å². The normalized spacial score (nSPS) is 11.5. The summed E-state index contributed by atoms with van der Waals surface area (Å²) in [5.74, 6) is 0.702. The highest BCUT2D eigenvalue weighted by atomic mass is 16.3. The summed E-state index contributed by atoms with van der Waals surface area (Å²) >= 11 is 0. The van der Waals surface area contributed by atoms with Gasteiger partial charge in [0.1, 0.15) is 11.2 Å². The third-order valence-electron chi connectivity index (χ3n) is 10.9. The van der Waals surface area contributed by atoms with Gasteiger partial charge in [0, 0.05) is 54.7 Å². The summed E-state index contributed by atoms with van der Waals surface area (Å²) < 4.78 is 6.61. The van der Waals surface area contributed by atoms with Crippen LogP contribution in [0.25, 0.3) is 111 Å². The molecular formula is C53H33N3O. The van der Waals surface area contributed by atoms with Crippen LogP contribution in [-0.2, 0) is 0 Å². The van der Waals surface area contributed by atoms with Crippen molar-refractivity contribution in [3.8, 4) is 67.4 Å². The van der Waals surface area contributed by atoms with Crippen molar-refractivity contribution in [2.75, 3.05) is 0 Å². The molecule has 0 aliphatic carbocycles. The van der Waals surface area contributed by atoms with Crippen molar-refractivity contribution in [1.29, 1.82) is 0 Å². The highest BCUT2D eigenvalue weighted by molar-refractivity contribution is 6.27. The molecule has 4 heteroatoms. The molecule has 0 saturated heterocycles. The topological polar surface area (TPSA) is 51.8 Å². The van der Waals surface area contributed by atoms with Crippen LogP contribution in [0.1, 0.15) is 0 Å². The van der Waals surface area contributed by atoms with Crippen LogP contribution in [0.4, 0.5) is 0 Å². The molecule has 0 atom stereocenters. The maximum absolute atomic E-state index is 6.61. The van der Waals surface area contributed by atoms with E-state index in [1.54, 1.807) is 0 Å². The van der Waals surface area contributed by atoms with E-state index in [0.717, 1.165) is 99.8 Å². The molecule has 0 aliphatic heterocycles. The number of para-hydroxylation sites is 2. The van der Waals surface area contributed by atoms with Crippen LogP contribution in [-0.4, -0.2) is 15.0 Å². The summed E-state index contributed by atoms with van der Waals surface area (Å²) in [6, 6.07) is 69.6. The van der Waals surface area contributed by atoms with E-state index in [9.17, 15) is 0 Å². The molecule has 8 aromatic carbocycles. The van der Waals surface area contributed by atoms with Crippen molar-refractivity contribution in [3.05, 3.63) is 200 Å². The van der Waals surface area contributed by atoms with Crippen LogP contribution in [0.15, 0.2) is 205 Å². The van der Waals surface area contributed by atoms with Gasteiger partial charge in [-0.15, -0.1) is 0 Å². The van der Waals surface area contributed by atoms with E-state index in [1.807, 2.05) is 48.5 Å². The van der Waals surface area contributed by atoms with Gasteiger partial charge in [-0.3, -0.25) is 0 Å². The molecule has 0 saturated carbocycles. The predicted octanol–water partition coefficient (Wildman–Crippen LogP) is 14.1. The highest BCUT2D eigenvalue weighted by Crippen LogP contribution is 2.46. The molecular weight excluding hydrogens is 695 g/mol. The Bertz CT molecular complexity index is 3210. The van der Waals surface area contributed by atoms with Crippen molar-refractivity contribution in [2.24, 2.45) is 0 Å². The number of furan rings is 1. The summed E-state index contributed by atoms with van der Waals surface area (Å²) in [6.45, 7) is 0. The number of hydrogen-bond donors (Lipinski definition) is 0. The van der Waals surface area contributed by atoms with E-state index in [2.05, 4.69) is 152 Å². The Balaban J connectivity index is 1.08. The molecule has 0 amide bonds. The summed E-state index contributed by atoms with van der Waals surface area (Å²) in [5, 5.41) is 5.54. The fourth-order valence-corrected chi connectivity index (χ4v) is 8.18. The monoisotopic (exact) mass is 727 g/mol. The minimum Gasteiger partial charge on any atom is -0.456 e. The first kappa shape index (κ1) is 32.7. The largest absolute Gasteiger partial charge is 0.456 e. The standard InChI is InChI=1S/C53H33N3O/c1-4-15-35(16-5-1)45-33-46(56-53(55-45)38-19-8-3-9-20-38)40-22-14-21-39(31-40)34-27-29-36(30-28-34)49-50-41-23-10-12-25-44(41)54-52(37-17-6-2-7-18-37)43(50)32-48-51(49)42-24-11-13-26-47(42)57-48/h1-33H. The van der Waals surface area contributed by atoms with Crippen LogP contribution >= 0.6 is 0 Å². The van der Waals surface area contributed by atoms with Crippen LogP contribution in [0.3, 0.4) is 0 Å². The third kappa shape index (κ3) is 5.74. The molecule has 266 valence electrons. The first-order valence-corrected chi connectivity index (χ1v) is 19.2. The van der Waals surface area contributed by atoms with E-state index in [-0.39, 0.29) is 0 Å². The molecule has 0 unspecified atom stereocenters. The van der Waals surface area contributed by atoms with E-state index in [4.69, 9.17) is 19.4 Å². The molecule has 0 bridgehead atoms. The van der Waals surface area contributed by atoms with Crippen molar-refractivity contribution < 1.29 is 4.42 Å². The number of hydrogen-bond acceptors (Lipinski definition) is 4. The number of pyridine rings is 1. The Morgan fingerprint density at radius 3 is 1.65 bits per heavy atom. The molecule has 11 rings (SSSR count). The van der Waals surface area contributed by atoms with Crippen LogP contribution in [0, 0.1) is 0 Å². The van der Waals surface area contributed by atoms with Crippen LogP contribution < -0.4 is 0 Å². The maximum Gasteiger partial charge on any atom is 0.160 e. The minimum atomic E-state index is 0.702. The SMILES string of the molecule is c1ccc(-c2cc(-c3cccc(-c4ccc(-c5c6c(cc7c(-c8ccccc8)nc8ccccc8c57)oc5ccccc56)cc4)c3)nc(-c3ccccc3)n2)cc1. The summed E-state index contributed by atoms with van der Waals surface area (Å²) in [7, 11) is 0. The first-order valence-electron chi connectivity index (χ1n) is 19.2. The van der Waals surface area contributed by atoms with Gasteiger partial charge in [-0.1, -0.05) is 170 Å². The number of fused-ring (bicyclic) bond motifs is 6. The second-order valence-corrected chi connectivity index (χ2v) is 14.3. The lowest BCUT2D eigenvalue weighted by Gasteiger charge is -2.16.